The fourth-order valence-corrected chi connectivity index (χ4v) is 3.98. The molecule has 1 aliphatic heterocycles. The average Bonchev–Trinajstić information content (AvgIpc) is 2.43. The quantitative estimate of drug-likeness (QED) is 0.773. The van der Waals surface area contributed by atoms with Crippen molar-refractivity contribution in [3.8, 4) is 0 Å². The summed E-state index contributed by atoms with van der Waals surface area (Å²) in [6, 6.07) is 0.686. The van der Waals surface area contributed by atoms with Gasteiger partial charge in [-0.05, 0) is 58.8 Å². The number of hydrogen-bond acceptors (Lipinski definition) is 3. The molecule has 3 nitrogen and oxygen atoms in total. The van der Waals surface area contributed by atoms with Crippen LogP contribution in [0.3, 0.4) is 0 Å². The Bertz CT molecular complexity index is 310. The summed E-state index contributed by atoms with van der Waals surface area (Å²) in [5, 5.41) is 0. The number of rotatable bonds is 5. The largest absolute Gasteiger partial charge is 0.306 e. The highest BCUT2D eigenvalue weighted by Crippen LogP contribution is 2.30. The normalized spacial score (nSPS) is 30.1. The van der Waals surface area contributed by atoms with Crippen LogP contribution in [0.5, 0.6) is 0 Å². The van der Waals surface area contributed by atoms with Gasteiger partial charge in [0.1, 0.15) is 5.78 Å². The maximum atomic E-state index is 12.2. The number of carbonyl (C=O) groups excluding carboxylic acids is 1. The Morgan fingerprint density at radius 1 is 1.25 bits per heavy atom. The van der Waals surface area contributed by atoms with Gasteiger partial charge in [0.25, 0.3) is 0 Å². The maximum Gasteiger partial charge on any atom is 0.137 e. The molecule has 20 heavy (non-hydrogen) atoms. The summed E-state index contributed by atoms with van der Waals surface area (Å²) >= 11 is 0. The third kappa shape index (κ3) is 4.29. The van der Waals surface area contributed by atoms with Gasteiger partial charge in [0.05, 0.1) is 0 Å². The van der Waals surface area contributed by atoms with E-state index >= 15 is 0 Å². The minimum atomic E-state index is 0.310. The highest BCUT2D eigenvalue weighted by Gasteiger charge is 2.31. The molecule has 0 radical (unpaired) electrons. The summed E-state index contributed by atoms with van der Waals surface area (Å²) in [7, 11) is 4.43. The molecule has 116 valence electrons. The summed E-state index contributed by atoms with van der Waals surface area (Å²) in [5.74, 6) is 1.63. The minimum Gasteiger partial charge on any atom is -0.306 e. The molecule has 0 amide bonds. The van der Waals surface area contributed by atoms with Gasteiger partial charge in [0.2, 0.25) is 0 Å². The Labute approximate surface area is 124 Å². The predicted molar refractivity (Wildman–Crippen MR) is 83.9 cm³/mol. The number of Topliss-reactive ketones (excluding diaryl/α,β-unsaturated/α-hetero) is 1. The lowest BCUT2D eigenvalue weighted by atomic mass is 9.78. The molecule has 0 spiro atoms. The maximum absolute atomic E-state index is 12.2. The second kappa shape index (κ2) is 7.56. The zero-order valence-electron chi connectivity index (χ0n) is 13.6. The minimum absolute atomic E-state index is 0.310. The summed E-state index contributed by atoms with van der Waals surface area (Å²) in [5.41, 5.74) is 0. The van der Waals surface area contributed by atoms with Gasteiger partial charge < -0.3 is 9.80 Å². The van der Waals surface area contributed by atoms with E-state index in [1.807, 2.05) is 0 Å². The van der Waals surface area contributed by atoms with Crippen LogP contribution in [0.25, 0.3) is 0 Å². The van der Waals surface area contributed by atoms with Crippen molar-refractivity contribution in [2.75, 3.05) is 33.7 Å². The van der Waals surface area contributed by atoms with Crippen molar-refractivity contribution in [3.63, 3.8) is 0 Å². The number of carbonyl (C=O) groups is 1. The Balaban J connectivity index is 1.82. The second-order valence-corrected chi connectivity index (χ2v) is 7.07. The van der Waals surface area contributed by atoms with Crippen LogP contribution in [-0.2, 0) is 4.79 Å². The molecule has 2 aliphatic rings. The van der Waals surface area contributed by atoms with Crippen molar-refractivity contribution < 1.29 is 4.79 Å². The molecular formula is C17H32N2O. The summed E-state index contributed by atoms with van der Waals surface area (Å²) < 4.78 is 0. The lowest BCUT2D eigenvalue weighted by Gasteiger charge is -2.38. The SMILES string of the molecule is CCCC1CCC(=O)C(CN(C)C2CCN(C)CC2)C1. The Kier molecular flexibility index (Phi) is 6.03. The topological polar surface area (TPSA) is 23.6 Å². The molecule has 2 unspecified atom stereocenters. The number of hydrogen-bond donors (Lipinski definition) is 0. The van der Waals surface area contributed by atoms with Crippen LogP contribution >= 0.6 is 0 Å². The Morgan fingerprint density at radius 3 is 2.60 bits per heavy atom. The van der Waals surface area contributed by atoms with E-state index in [0.29, 0.717) is 17.7 Å². The van der Waals surface area contributed by atoms with Crippen molar-refractivity contribution in [1.29, 1.82) is 0 Å². The highest BCUT2D eigenvalue weighted by atomic mass is 16.1. The third-order valence-electron chi connectivity index (χ3n) is 5.39. The van der Waals surface area contributed by atoms with Gasteiger partial charge in [0.15, 0.2) is 0 Å². The molecule has 3 heteroatoms. The molecule has 0 aromatic carbocycles. The molecule has 0 bridgehead atoms. The van der Waals surface area contributed by atoms with Crippen LogP contribution in [0.2, 0.25) is 0 Å². The summed E-state index contributed by atoms with van der Waals surface area (Å²) in [6.45, 7) is 5.65. The zero-order valence-corrected chi connectivity index (χ0v) is 13.6. The van der Waals surface area contributed by atoms with Crippen LogP contribution in [0.4, 0.5) is 0 Å². The van der Waals surface area contributed by atoms with E-state index in [-0.39, 0.29) is 0 Å². The van der Waals surface area contributed by atoms with E-state index in [4.69, 9.17) is 0 Å². The molecule has 2 rings (SSSR count). The van der Waals surface area contributed by atoms with Crippen LogP contribution in [0, 0.1) is 11.8 Å². The van der Waals surface area contributed by atoms with E-state index in [1.165, 1.54) is 38.8 Å². The van der Waals surface area contributed by atoms with Gasteiger partial charge >= 0.3 is 0 Å². The molecular weight excluding hydrogens is 248 g/mol. The number of nitrogens with zero attached hydrogens (tertiary/aromatic N) is 2. The van der Waals surface area contributed by atoms with Crippen molar-refractivity contribution in [2.45, 2.75) is 57.9 Å². The standard InChI is InChI=1S/C17H32N2O/c1-4-5-14-6-7-17(20)15(12-14)13-19(3)16-8-10-18(2)11-9-16/h14-16H,4-13H2,1-3H3. The van der Waals surface area contributed by atoms with E-state index in [2.05, 4.69) is 30.8 Å². The van der Waals surface area contributed by atoms with Crippen LogP contribution in [0.1, 0.15) is 51.9 Å². The monoisotopic (exact) mass is 280 g/mol. The predicted octanol–water partition coefficient (Wildman–Crippen LogP) is 2.80. The first kappa shape index (κ1) is 16.0. The van der Waals surface area contributed by atoms with Crippen LogP contribution in [0.15, 0.2) is 0 Å². The summed E-state index contributed by atoms with van der Waals surface area (Å²) in [4.78, 5) is 17.1. The van der Waals surface area contributed by atoms with E-state index in [9.17, 15) is 4.79 Å². The van der Waals surface area contributed by atoms with Crippen molar-refractivity contribution in [3.05, 3.63) is 0 Å². The fraction of sp³-hybridized carbons (Fsp3) is 0.941. The van der Waals surface area contributed by atoms with E-state index in [1.54, 1.807) is 0 Å². The lowest BCUT2D eigenvalue weighted by molar-refractivity contribution is -0.126. The number of likely N-dealkylation sites (tertiary alicyclic amines) is 1. The van der Waals surface area contributed by atoms with Gasteiger partial charge in [-0.2, -0.15) is 0 Å². The van der Waals surface area contributed by atoms with Gasteiger partial charge in [-0.15, -0.1) is 0 Å². The fourth-order valence-electron chi connectivity index (χ4n) is 3.98. The number of piperidine rings is 1. The molecule has 1 heterocycles. The van der Waals surface area contributed by atoms with Gasteiger partial charge in [-0.3, -0.25) is 4.79 Å². The Morgan fingerprint density at radius 2 is 1.95 bits per heavy atom. The highest BCUT2D eigenvalue weighted by molar-refractivity contribution is 5.81. The molecule has 1 aliphatic carbocycles. The van der Waals surface area contributed by atoms with Crippen molar-refractivity contribution in [1.82, 2.24) is 9.80 Å². The van der Waals surface area contributed by atoms with Gasteiger partial charge in [0, 0.05) is 24.9 Å². The van der Waals surface area contributed by atoms with E-state index in [0.717, 1.165) is 31.7 Å². The lowest BCUT2D eigenvalue weighted by Crippen LogP contribution is -2.45. The molecule has 0 N–H and O–H groups in total. The molecule has 0 aromatic rings. The molecule has 2 atom stereocenters. The van der Waals surface area contributed by atoms with Crippen LogP contribution < -0.4 is 0 Å². The molecule has 0 aromatic heterocycles. The zero-order chi connectivity index (χ0) is 14.5. The second-order valence-electron chi connectivity index (χ2n) is 7.07. The first-order valence-corrected chi connectivity index (χ1v) is 8.51. The first-order chi connectivity index (χ1) is 9.60. The number of ketones is 1. The molecule has 1 saturated carbocycles. The Hall–Kier alpha value is -0.410. The van der Waals surface area contributed by atoms with Gasteiger partial charge in [-0.25, -0.2) is 0 Å². The first-order valence-electron chi connectivity index (χ1n) is 8.51. The van der Waals surface area contributed by atoms with E-state index < -0.39 is 0 Å². The molecule has 2 fully saturated rings. The summed E-state index contributed by atoms with van der Waals surface area (Å²) in [6.07, 6.45) is 8.19. The van der Waals surface area contributed by atoms with Crippen molar-refractivity contribution in [2.24, 2.45) is 11.8 Å². The average molecular weight is 280 g/mol. The van der Waals surface area contributed by atoms with Crippen LogP contribution in [-0.4, -0.2) is 55.4 Å². The van der Waals surface area contributed by atoms with Crippen molar-refractivity contribution >= 4 is 5.78 Å². The third-order valence-corrected chi connectivity index (χ3v) is 5.39. The van der Waals surface area contributed by atoms with Gasteiger partial charge in [-0.1, -0.05) is 19.8 Å². The molecule has 1 saturated heterocycles. The smallest absolute Gasteiger partial charge is 0.137 e.